The molecule has 5 nitrogen and oxygen atoms in total. The lowest BCUT2D eigenvalue weighted by atomic mass is 10.1. The van der Waals surface area contributed by atoms with E-state index in [-0.39, 0.29) is 37.1 Å². The predicted octanol–water partition coefficient (Wildman–Crippen LogP) is 1.97. The van der Waals surface area contributed by atoms with E-state index in [1.165, 1.54) is 19.2 Å². The fourth-order valence-electron chi connectivity index (χ4n) is 1.97. The quantitative estimate of drug-likeness (QED) is 0.687. The number of hydrogen-bond acceptors (Lipinski definition) is 3. The van der Waals surface area contributed by atoms with Crippen molar-refractivity contribution in [2.24, 2.45) is 0 Å². The van der Waals surface area contributed by atoms with E-state index in [4.69, 9.17) is 9.84 Å². The molecule has 1 aromatic rings. The third-order valence-electron chi connectivity index (χ3n) is 3.28. The first-order valence-corrected chi connectivity index (χ1v) is 7.04. The first-order chi connectivity index (χ1) is 10.1. The lowest BCUT2D eigenvalue weighted by molar-refractivity contribution is 0.103. The standard InChI is InChI=1S/C15H23FN2O3/c1-3-13(8-9-19)18-15(20)17-10-14(21-2)11-4-6-12(16)7-5-11/h4-7,13-14,19H,3,8-10H2,1-2H3,(H2,17,18,20). The first-order valence-electron chi connectivity index (χ1n) is 7.04. The molecule has 0 aromatic heterocycles. The Morgan fingerprint density at radius 1 is 1.38 bits per heavy atom. The molecule has 6 heteroatoms. The smallest absolute Gasteiger partial charge is 0.315 e. The number of aliphatic hydroxyl groups is 1. The van der Waals surface area contributed by atoms with E-state index in [1.54, 1.807) is 12.1 Å². The summed E-state index contributed by atoms with van der Waals surface area (Å²) in [4.78, 5) is 11.8. The molecule has 1 aromatic carbocycles. The number of halogens is 1. The van der Waals surface area contributed by atoms with Crippen molar-refractivity contribution < 1.29 is 19.0 Å². The maximum Gasteiger partial charge on any atom is 0.315 e. The molecule has 0 aliphatic carbocycles. The number of hydrogen-bond donors (Lipinski definition) is 3. The van der Waals surface area contributed by atoms with Crippen LogP contribution in [0.2, 0.25) is 0 Å². The van der Waals surface area contributed by atoms with Crippen molar-refractivity contribution in [3.8, 4) is 0 Å². The van der Waals surface area contributed by atoms with Crippen molar-refractivity contribution in [3.05, 3.63) is 35.6 Å². The van der Waals surface area contributed by atoms with Gasteiger partial charge in [0.05, 0.1) is 6.10 Å². The zero-order chi connectivity index (χ0) is 15.7. The van der Waals surface area contributed by atoms with Gasteiger partial charge in [-0.15, -0.1) is 0 Å². The highest BCUT2D eigenvalue weighted by Gasteiger charge is 2.14. The minimum absolute atomic E-state index is 0.0368. The molecule has 21 heavy (non-hydrogen) atoms. The highest BCUT2D eigenvalue weighted by Crippen LogP contribution is 2.16. The Kier molecular flexibility index (Phi) is 7.71. The second-order valence-corrected chi connectivity index (χ2v) is 4.75. The molecule has 2 amide bonds. The Labute approximate surface area is 124 Å². The highest BCUT2D eigenvalue weighted by atomic mass is 19.1. The number of carbonyl (C=O) groups excluding carboxylic acids is 1. The number of carbonyl (C=O) groups is 1. The number of urea groups is 1. The number of benzene rings is 1. The summed E-state index contributed by atoms with van der Waals surface area (Å²) >= 11 is 0. The molecule has 0 bridgehead atoms. The summed E-state index contributed by atoms with van der Waals surface area (Å²) in [5, 5.41) is 14.4. The second kappa shape index (κ2) is 9.31. The lowest BCUT2D eigenvalue weighted by Gasteiger charge is -2.19. The molecule has 0 saturated heterocycles. The molecule has 3 N–H and O–H groups in total. The van der Waals surface area contributed by atoms with Gasteiger partial charge in [-0.3, -0.25) is 0 Å². The zero-order valence-corrected chi connectivity index (χ0v) is 12.4. The Balaban J connectivity index is 2.47. The van der Waals surface area contributed by atoms with Crippen LogP contribution in [-0.4, -0.2) is 37.4 Å². The third-order valence-corrected chi connectivity index (χ3v) is 3.28. The summed E-state index contributed by atoms with van der Waals surface area (Å²) in [6.45, 7) is 2.26. The molecule has 0 heterocycles. The Hall–Kier alpha value is -1.66. The lowest BCUT2D eigenvalue weighted by Crippen LogP contribution is -2.43. The number of rotatable bonds is 8. The van der Waals surface area contributed by atoms with Gasteiger partial charge in [0.25, 0.3) is 0 Å². The van der Waals surface area contributed by atoms with E-state index in [1.807, 2.05) is 6.92 Å². The van der Waals surface area contributed by atoms with Crippen molar-refractivity contribution in [2.45, 2.75) is 31.9 Å². The van der Waals surface area contributed by atoms with Gasteiger partial charge in [-0.1, -0.05) is 19.1 Å². The monoisotopic (exact) mass is 298 g/mol. The molecular weight excluding hydrogens is 275 g/mol. The SMILES string of the molecule is CCC(CCO)NC(=O)NCC(OC)c1ccc(F)cc1. The molecule has 0 aliphatic rings. The van der Waals surface area contributed by atoms with Crippen LogP contribution >= 0.6 is 0 Å². The van der Waals surface area contributed by atoms with Crippen LogP contribution in [0.25, 0.3) is 0 Å². The molecule has 0 saturated carbocycles. The molecule has 0 aliphatic heterocycles. The van der Waals surface area contributed by atoms with Crippen molar-refractivity contribution in [2.75, 3.05) is 20.3 Å². The maximum atomic E-state index is 12.9. The number of aliphatic hydroxyl groups excluding tert-OH is 1. The van der Waals surface area contributed by atoms with Gasteiger partial charge in [0.1, 0.15) is 5.82 Å². The number of ether oxygens (including phenoxy) is 1. The molecule has 2 atom stereocenters. The van der Waals surface area contributed by atoms with Gasteiger partial charge in [-0.2, -0.15) is 0 Å². The molecule has 0 radical (unpaired) electrons. The van der Waals surface area contributed by atoms with Crippen LogP contribution in [-0.2, 0) is 4.74 Å². The van der Waals surface area contributed by atoms with Crippen molar-refractivity contribution >= 4 is 6.03 Å². The van der Waals surface area contributed by atoms with Gasteiger partial charge in [0, 0.05) is 26.3 Å². The minimum atomic E-state index is -0.339. The molecule has 0 fully saturated rings. The number of methoxy groups -OCH3 is 1. The van der Waals surface area contributed by atoms with Crippen LogP contribution < -0.4 is 10.6 Å². The number of nitrogens with one attached hydrogen (secondary N) is 2. The summed E-state index contributed by atoms with van der Waals surface area (Å²) in [6, 6.07) is 5.61. The summed E-state index contributed by atoms with van der Waals surface area (Å²) in [6.07, 6.45) is 0.934. The summed E-state index contributed by atoms with van der Waals surface area (Å²) in [5.74, 6) is -0.311. The van der Waals surface area contributed by atoms with Crippen LogP contribution in [0.5, 0.6) is 0 Å². The second-order valence-electron chi connectivity index (χ2n) is 4.75. The Morgan fingerprint density at radius 2 is 2.05 bits per heavy atom. The minimum Gasteiger partial charge on any atom is -0.396 e. The van der Waals surface area contributed by atoms with Gasteiger partial charge in [-0.25, -0.2) is 9.18 Å². The van der Waals surface area contributed by atoms with E-state index in [9.17, 15) is 9.18 Å². The molecule has 1 rings (SSSR count). The van der Waals surface area contributed by atoms with E-state index in [0.29, 0.717) is 6.42 Å². The summed E-state index contributed by atoms with van der Waals surface area (Å²) < 4.78 is 18.2. The fourth-order valence-corrected chi connectivity index (χ4v) is 1.97. The van der Waals surface area contributed by atoms with Gasteiger partial charge in [-0.05, 0) is 30.5 Å². The van der Waals surface area contributed by atoms with Crippen LogP contribution in [0.15, 0.2) is 24.3 Å². The van der Waals surface area contributed by atoms with E-state index in [2.05, 4.69) is 10.6 Å². The van der Waals surface area contributed by atoms with Crippen LogP contribution in [0.1, 0.15) is 31.4 Å². The van der Waals surface area contributed by atoms with Crippen molar-refractivity contribution in [1.82, 2.24) is 10.6 Å². The van der Waals surface area contributed by atoms with Crippen molar-refractivity contribution in [3.63, 3.8) is 0 Å². The Morgan fingerprint density at radius 3 is 2.57 bits per heavy atom. The van der Waals surface area contributed by atoms with Crippen LogP contribution in [0, 0.1) is 5.82 Å². The highest BCUT2D eigenvalue weighted by molar-refractivity contribution is 5.74. The maximum absolute atomic E-state index is 12.9. The largest absolute Gasteiger partial charge is 0.396 e. The van der Waals surface area contributed by atoms with Crippen LogP contribution in [0.3, 0.4) is 0 Å². The van der Waals surface area contributed by atoms with E-state index < -0.39 is 0 Å². The van der Waals surface area contributed by atoms with E-state index in [0.717, 1.165) is 12.0 Å². The van der Waals surface area contributed by atoms with Gasteiger partial charge in [0.15, 0.2) is 0 Å². The third kappa shape index (κ3) is 6.10. The topological polar surface area (TPSA) is 70.6 Å². The number of amides is 2. The fraction of sp³-hybridized carbons (Fsp3) is 0.533. The Bertz CT molecular complexity index is 425. The van der Waals surface area contributed by atoms with Crippen molar-refractivity contribution in [1.29, 1.82) is 0 Å². The normalized spacial score (nSPS) is 13.5. The average molecular weight is 298 g/mol. The molecule has 2 unspecified atom stereocenters. The van der Waals surface area contributed by atoms with Gasteiger partial charge in [0.2, 0.25) is 0 Å². The molecule has 118 valence electrons. The van der Waals surface area contributed by atoms with E-state index >= 15 is 0 Å². The predicted molar refractivity (Wildman–Crippen MR) is 78.5 cm³/mol. The molecule has 0 spiro atoms. The summed E-state index contributed by atoms with van der Waals surface area (Å²) in [7, 11) is 1.54. The first kappa shape index (κ1) is 17.4. The van der Waals surface area contributed by atoms with Gasteiger partial charge < -0.3 is 20.5 Å². The summed E-state index contributed by atoms with van der Waals surface area (Å²) in [5.41, 5.74) is 0.793. The zero-order valence-electron chi connectivity index (χ0n) is 12.4. The van der Waals surface area contributed by atoms with Gasteiger partial charge >= 0.3 is 6.03 Å². The molecular formula is C15H23FN2O3. The average Bonchev–Trinajstić information content (AvgIpc) is 2.49. The van der Waals surface area contributed by atoms with Crippen LogP contribution in [0.4, 0.5) is 9.18 Å².